The number of hydrogen-bond donors (Lipinski definition) is 1. The first-order valence-electron chi connectivity index (χ1n) is 7.79. The zero-order valence-electron chi connectivity index (χ0n) is 13.6. The van der Waals surface area contributed by atoms with Crippen LogP contribution in [0.2, 0.25) is 0 Å². The third-order valence-electron chi connectivity index (χ3n) is 4.04. The van der Waals surface area contributed by atoms with E-state index >= 15 is 0 Å². The predicted octanol–water partition coefficient (Wildman–Crippen LogP) is 4.82. The summed E-state index contributed by atoms with van der Waals surface area (Å²) in [6, 6.07) is 7.57. The Balaban J connectivity index is 2.99. The lowest BCUT2D eigenvalue weighted by Gasteiger charge is -2.28. The molecule has 0 amide bonds. The zero-order chi connectivity index (χ0) is 14.4. The fourth-order valence-electron chi connectivity index (χ4n) is 3.00. The van der Waals surface area contributed by atoms with Crippen LogP contribution in [0.1, 0.15) is 63.1 Å². The maximum atomic E-state index is 3.63. The van der Waals surface area contributed by atoms with E-state index in [4.69, 9.17) is 0 Å². The highest BCUT2D eigenvalue weighted by molar-refractivity contribution is 5.31. The lowest BCUT2D eigenvalue weighted by atomic mass is 9.81. The third-order valence-corrected chi connectivity index (χ3v) is 4.04. The van der Waals surface area contributed by atoms with Gasteiger partial charge in [0.25, 0.3) is 0 Å². The quantitative estimate of drug-likeness (QED) is 0.742. The van der Waals surface area contributed by atoms with Gasteiger partial charge in [0.1, 0.15) is 0 Å². The maximum absolute atomic E-state index is 3.63. The molecule has 0 aliphatic heterocycles. The number of aryl methyl sites for hydroxylation is 2. The van der Waals surface area contributed by atoms with Crippen LogP contribution >= 0.6 is 0 Å². The first-order chi connectivity index (χ1) is 8.97. The van der Waals surface area contributed by atoms with Gasteiger partial charge < -0.3 is 5.32 Å². The molecule has 1 aromatic rings. The molecule has 1 N–H and O–H groups in total. The van der Waals surface area contributed by atoms with Gasteiger partial charge in [-0.2, -0.15) is 0 Å². The van der Waals surface area contributed by atoms with Gasteiger partial charge in [-0.25, -0.2) is 0 Å². The summed E-state index contributed by atoms with van der Waals surface area (Å²) in [4.78, 5) is 0. The van der Waals surface area contributed by atoms with Crippen LogP contribution in [0.3, 0.4) is 0 Å². The van der Waals surface area contributed by atoms with E-state index in [1.807, 2.05) is 0 Å². The molecule has 0 bridgehead atoms. The molecule has 1 atom stereocenters. The molecule has 0 aromatic heterocycles. The molecule has 19 heavy (non-hydrogen) atoms. The van der Waals surface area contributed by atoms with E-state index < -0.39 is 0 Å². The van der Waals surface area contributed by atoms with Gasteiger partial charge in [-0.3, -0.25) is 0 Å². The first kappa shape index (κ1) is 16.2. The minimum absolute atomic E-state index is 0.558. The molecule has 1 aromatic carbocycles. The molecule has 0 saturated carbocycles. The van der Waals surface area contributed by atoms with Gasteiger partial charge in [-0.05, 0) is 31.2 Å². The zero-order valence-corrected chi connectivity index (χ0v) is 13.6. The second-order valence-electron chi connectivity index (χ2n) is 6.17. The first-order valence-corrected chi connectivity index (χ1v) is 7.79. The van der Waals surface area contributed by atoms with Crippen LogP contribution in [-0.2, 0) is 0 Å². The van der Waals surface area contributed by atoms with Crippen molar-refractivity contribution in [2.75, 3.05) is 6.54 Å². The van der Waals surface area contributed by atoms with Gasteiger partial charge in [0.15, 0.2) is 0 Å². The van der Waals surface area contributed by atoms with Gasteiger partial charge in [0.2, 0.25) is 0 Å². The Morgan fingerprint density at radius 3 is 1.89 bits per heavy atom. The topological polar surface area (TPSA) is 12.0 Å². The van der Waals surface area contributed by atoms with Crippen molar-refractivity contribution in [1.82, 2.24) is 5.32 Å². The standard InChI is InChI=1S/C18H31N/c1-7-16(8-2)18(12-19-13(3)4)17-10-14(5)9-15(6)11-17/h9-11,13,16,18-19H,7-8,12H2,1-6H3. The van der Waals surface area contributed by atoms with Crippen LogP contribution in [0.15, 0.2) is 18.2 Å². The van der Waals surface area contributed by atoms with Crippen LogP contribution in [0.25, 0.3) is 0 Å². The predicted molar refractivity (Wildman–Crippen MR) is 85.9 cm³/mol. The highest BCUT2D eigenvalue weighted by Gasteiger charge is 2.21. The minimum atomic E-state index is 0.558. The van der Waals surface area contributed by atoms with Crippen LogP contribution in [0.4, 0.5) is 0 Å². The monoisotopic (exact) mass is 261 g/mol. The van der Waals surface area contributed by atoms with E-state index in [9.17, 15) is 0 Å². The van der Waals surface area contributed by atoms with Crippen LogP contribution < -0.4 is 5.32 Å². The minimum Gasteiger partial charge on any atom is -0.314 e. The molecule has 1 unspecified atom stereocenters. The number of hydrogen-bond acceptors (Lipinski definition) is 1. The summed E-state index contributed by atoms with van der Waals surface area (Å²) >= 11 is 0. The van der Waals surface area contributed by atoms with Crippen molar-refractivity contribution in [3.63, 3.8) is 0 Å². The highest BCUT2D eigenvalue weighted by atomic mass is 14.9. The van der Waals surface area contributed by atoms with Crippen molar-refractivity contribution in [3.05, 3.63) is 34.9 Å². The Bertz CT molecular complexity index is 357. The van der Waals surface area contributed by atoms with Crippen LogP contribution in [0.5, 0.6) is 0 Å². The molecule has 0 radical (unpaired) electrons. The van der Waals surface area contributed by atoms with Crippen molar-refractivity contribution in [2.45, 2.75) is 66.3 Å². The average Bonchev–Trinajstić information content (AvgIpc) is 2.32. The van der Waals surface area contributed by atoms with Crippen LogP contribution in [-0.4, -0.2) is 12.6 Å². The van der Waals surface area contributed by atoms with E-state index in [-0.39, 0.29) is 0 Å². The Kier molecular flexibility index (Phi) is 6.57. The second kappa shape index (κ2) is 7.69. The highest BCUT2D eigenvalue weighted by Crippen LogP contribution is 2.30. The van der Waals surface area contributed by atoms with E-state index in [0.29, 0.717) is 12.0 Å². The average molecular weight is 261 g/mol. The lowest BCUT2D eigenvalue weighted by Crippen LogP contribution is -2.31. The van der Waals surface area contributed by atoms with Crippen molar-refractivity contribution in [2.24, 2.45) is 5.92 Å². The molecule has 0 saturated heterocycles. The Labute approximate surface area is 119 Å². The Morgan fingerprint density at radius 2 is 1.47 bits per heavy atom. The Morgan fingerprint density at radius 1 is 0.947 bits per heavy atom. The molecular formula is C18H31N. The van der Waals surface area contributed by atoms with Crippen molar-refractivity contribution in [3.8, 4) is 0 Å². The molecule has 1 rings (SSSR count). The molecule has 0 heterocycles. The van der Waals surface area contributed by atoms with Crippen molar-refractivity contribution >= 4 is 0 Å². The maximum Gasteiger partial charge on any atom is 0.00251 e. The van der Waals surface area contributed by atoms with Crippen molar-refractivity contribution in [1.29, 1.82) is 0 Å². The molecule has 1 nitrogen and oxygen atoms in total. The summed E-state index contributed by atoms with van der Waals surface area (Å²) in [5, 5.41) is 3.63. The summed E-state index contributed by atoms with van der Waals surface area (Å²) in [6.45, 7) is 14.6. The van der Waals surface area contributed by atoms with Gasteiger partial charge in [0, 0.05) is 12.6 Å². The van der Waals surface area contributed by atoms with E-state index in [2.05, 4.69) is 65.1 Å². The number of nitrogens with one attached hydrogen (secondary N) is 1. The number of rotatable bonds is 7. The smallest absolute Gasteiger partial charge is 0.00251 e. The summed E-state index contributed by atoms with van der Waals surface area (Å²) in [5.41, 5.74) is 4.28. The van der Waals surface area contributed by atoms with E-state index in [1.54, 1.807) is 0 Å². The van der Waals surface area contributed by atoms with Gasteiger partial charge in [0.05, 0.1) is 0 Å². The molecule has 0 aliphatic rings. The second-order valence-corrected chi connectivity index (χ2v) is 6.17. The summed E-state index contributed by atoms with van der Waals surface area (Å²) in [7, 11) is 0. The van der Waals surface area contributed by atoms with Crippen molar-refractivity contribution < 1.29 is 0 Å². The van der Waals surface area contributed by atoms with Crippen LogP contribution in [0, 0.1) is 19.8 Å². The third kappa shape index (κ3) is 4.99. The van der Waals surface area contributed by atoms with E-state index in [0.717, 1.165) is 12.5 Å². The normalized spacial score (nSPS) is 13.3. The lowest BCUT2D eigenvalue weighted by molar-refractivity contribution is 0.370. The molecule has 0 spiro atoms. The molecular weight excluding hydrogens is 230 g/mol. The summed E-state index contributed by atoms with van der Waals surface area (Å²) in [5.74, 6) is 1.41. The summed E-state index contributed by atoms with van der Waals surface area (Å²) < 4.78 is 0. The molecule has 1 heteroatoms. The largest absolute Gasteiger partial charge is 0.314 e. The SMILES string of the molecule is CCC(CC)C(CNC(C)C)c1cc(C)cc(C)c1. The Hall–Kier alpha value is -0.820. The van der Waals surface area contributed by atoms with Gasteiger partial charge in [-0.1, -0.05) is 69.9 Å². The number of benzene rings is 1. The molecule has 0 fully saturated rings. The van der Waals surface area contributed by atoms with Gasteiger partial charge >= 0.3 is 0 Å². The molecule has 0 aliphatic carbocycles. The molecule has 108 valence electrons. The fourth-order valence-corrected chi connectivity index (χ4v) is 3.00. The summed E-state index contributed by atoms with van der Waals surface area (Å²) in [6.07, 6.45) is 2.52. The van der Waals surface area contributed by atoms with Gasteiger partial charge in [-0.15, -0.1) is 0 Å². The fraction of sp³-hybridized carbons (Fsp3) is 0.667. The van der Waals surface area contributed by atoms with E-state index in [1.165, 1.54) is 29.5 Å².